The normalized spacial score (nSPS) is 11.8. The van der Waals surface area contributed by atoms with Gasteiger partial charge in [-0.1, -0.05) is 0 Å². The molecule has 0 aliphatic carbocycles. The zero-order valence-electron chi connectivity index (χ0n) is 9.29. The van der Waals surface area contributed by atoms with E-state index in [9.17, 15) is 9.59 Å². The van der Waals surface area contributed by atoms with Gasteiger partial charge in [0, 0.05) is 12.6 Å². The molecule has 1 aromatic carbocycles. The van der Waals surface area contributed by atoms with E-state index in [1.807, 2.05) is 0 Å². The van der Waals surface area contributed by atoms with Crippen LogP contribution in [0, 0.1) is 0 Å². The number of nitrogens with one attached hydrogen (secondary N) is 1. The zero-order valence-corrected chi connectivity index (χ0v) is 12.5. The summed E-state index contributed by atoms with van der Waals surface area (Å²) in [5, 5.41) is 2.50. The fourth-order valence-corrected chi connectivity index (χ4v) is 2.60. The van der Waals surface area contributed by atoms with Crippen LogP contribution < -0.4 is 10.1 Å². The van der Waals surface area contributed by atoms with Crippen LogP contribution in [0.3, 0.4) is 0 Å². The van der Waals surface area contributed by atoms with Gasteiger partial charge in [-0.2, -0.15) is 0 Å². The lowest BCUT2D eigenvalue weighted by Gasteiger charge is -2.16. The Morgan fingerprint density at radius 2 is 1.94 bits per heavy atom. The van der Waals surface area contributed by atoms with Crippen LogP contribution in [0.15, 0.2) is 21.1 Å². The molecule has 0 fully saturated rings. The van der Waals surface area contributed by atoms with Gasteiger partial charge in [0.2, 0.25) is 0 Å². The van der Waals surface area contributed by atoms with Crippen molar-refractivity contribution in [2.75, 3.05) is 7.05 Å². The molecular weight excluding hydrogens is 354 g/mol. The third kappa shape index (κ3) is 3.54. The first-order valence-corrected chi connectivity index (χ1v) is 6.40. The lowest BCUT2D eigenvalue weighted by atomic mass is 10.2. The van der Waals surface area contributed by atoms with Crippen LogP contribution in [0.25, 0.3) is 0 Å². The maximum atomic E-state index is 11.3. The molecule has 0 aromatic heterocycles. The van der Waals surface area contributed by atoms with Gasteiger partial charge in [-0.3, -0.25) is 9.59 Å². The number of amides is 1. The number of aldehydes is 1. The number of hydrogen-bond acceptors (Lipinski definition) is 3. The molecule has 1 N–H and O–H groups in total. The van der Waals surface area contributed by atoms with Gasteiger partial charge in [0.1, 0.15) is 12.0 Å². The Bertz CT molecular complexity index is 425. The van der Waals surface area contributed by atoms with E-state index >= 15 is 0 Å². The highest BCUT2D eigenvalue weighted by molar-refractivity contribution is 9.11. The smallest absolute Gasteiger partial charge is 0.260 e. The van der Waals surface area contributed by atoms with E-state index in [1.54, 1.807) is 26.1 Å². The fourth-order valence-electron chi connectivity index (χ4n) is 1.19. The van der Waals surface area contributed by atoms with E-state index in [1.165, 1.54) is 0 Å². The number of carbonyl (C=O) groups is 2. The van der Waals surface area contributed by atoms with Crippen molar-refractivity contribution < 1.29 is 14.3 Å². The topological polar surface area (TPSA) is 55.4 Å². The Morgan fingerprint density at radius 1 is 1.41 bits per heavy atom. The summed E-state index contributed by atoms with van der Waals surface area (Å²) in [5.41, 5.74) is 0.517. The van der Waals surface area contributed by atoms with Crippen molar-refractivity contribution in [2.24, 2.45) is 0 Å². The van der Waals surface area contributed by atoms with E-state index in [4.69, 9.17) is 4.74 Å². The monoisotopic (exact) mass is 363 g/mol. The van der Waals surface area contributed by atoms with Crippen LogP contribution >= 0.6 is 31.9 Å². The second-order valence-corrected chi connectivity index (χ2v) is 5.01. The Hall–Kier alpha value is -0.880. The van der Waals surface area contributed by atoms with Crippen molar-refractivity contribution >= 4 is 44.1 Å². The van der Waals surface area contributed by atoms with E-state index in [-0.39, 0.29) is 5.91 Å². The SMILES string of the molecule is CNC(=O)C(C)Oc1c(Br)cc(C=O)cc1Br. The van der Waals surface area contributed by atoms with Gasteiger partial charge in [-0.25, -0.2) is 0 Å². The van der Waals surface area contributed by atoms with Crippen LogP contribution in [0.5, 0.6) is 5.75 Å². The number of rotatable bonds is 4. The molecule has 0 saturated carbocycles. The minimum Gasteiger partial charge on any atom is -0.479 e. The molecule has 1 atom stereocenters. The van der Waals surface area contributed by atoms with Gasteiger partial charge in [-0.15, -0.1) is 0 Å². The number of likely N-dealkylation sites (N-methyl/N-ethyl adjacent to an activating group) is 1. The average molecular weight is 365 g/mol. The molecule has 1 amide bonds. The highest BCUT2D eigenvalue weighted by atomic mass is 79.9. The molecule has 0 heterocycles. The standard InChI is InChI=1S/C11H11Br2NO3/c1-6(11(16)14-2)17-10-8(12)3-7(5-15)4-9(10)13/h3-6H,1-2H3,(H,14,16). The van der Waals surface area contributed by atoms with E-state index in [0.717, 1.165) is 6.29 Å². The van der Waals surface area contributed by atoms with Gasteiger partial charge in [0.05, 0.1) is 8.95 Å². The molecule has 1 rings (SSSR count). The quantitative estimate of drug-likeness (QED) is 0.835. The van der Waals surface area contributed by atoms with Crippen LogP contribution in [0.2, 0.25) is 0 Å². The van der Waals surface area contributed by atoms with Crippen molar-refractivity contribution in [3.8, 4) is 5.75 Å². The zero-order chi connectivity index (χ0) is 13.0. The van der Waals surface area contributed by atoms with Crippen molar-refractivity contribution in [3.63, 3.8) is 0 Å². The van der Waals surface area contributed by atoms with Crippen molar-refractivity contribution in [1.29, 1.82) is 0 Å². The predicted octanol–water partition coefficient (Wildman–Crippen LogP) is 2.54. The molecule has 6 heteroatoms. The second kappa shape index (κ2) is 6.16. The molecule has 0 aliphatic rings. The Labute approximate surface area is 116 Å². The maximum absolute atomic E-state index is 11.3. The van der Waals surface area contributed by atoms with Crippen LogP contribution in [0.4, 0.5) is 0 Å². The highest BCUT2D eigenvalue weighted by Gasteiger charge is 2.17. The fraction of sp³-hybridized carbons (Fsp3) is 0.273. The molecule has 0 bridgehead atoms. The van der Waals surface area contributed by atoms with E-state index < -0.39 is 6.10 Å². The Balaban J connectivity index is 2.99. The first-order valence-electron chi connectivity index (χ1n) is 4.82. The highest BCUT2D eigenvalue weighted by Crippen LogP contribution is 2.35. The summed E-state index contributed by atoms with van der Waals surface area (Å²) in [4.78, 5) is 22.0. The van der Waals surface area contributed by atoms with Gasteiger partial charge in [0.15, 0.2) is 6.10 Å². The molecule has 4 nitrogen and oxygen atoms in total. The first kappa shape index (κ1) is 14.2. The molecule has 0 radical (unpaired) electrons. The number of ether oxygens (including phenoxy) is 1. The van der Waals surface area contributed by atoms with Crippen LogP contribution in [-0.4, -0.2) is 25.3 Å². The summed E-state index contributed by atoms with van der Waals surface area (Å²) in [6.45, 7) is 1.64. The molecule has 1 aromatic rings. The minimum absolute atomic E-state index is 0.219. The molecule has 0 saturated heterocycles. The Kier molecular flexibility index (Phi) is 5.14. The minimum atomic E-state index is -0.616. The summed E-state index contributed by atoms with van der Waals surface area (Å²) < 4.78 is 6.74. The van der Waals surface area contributed by atoms with Crippen molar-refractivity contribution in [2.45, 2.75) is 13.0 Å². The summed E-state index contributed by atoms with van der Waals surface area (Å²) in [7, 11) is 1.54. The third-order valence-corrected chi connectivity index (χ3v) is 3.25. The summed E-state index contributed by atoms with van der Waals surface area (Å²) in [6, 6.07) is 3.26. The van der Waals surface area contributed by atoms with Gasteiger partial charge in [0.25, 0.3) is 5.91 Å². The largest absolute Gasteiger partial charge is 0.479 e. The number of halogens is 2. The lowest BCUT2D eigenvalue weighted by molar-refractivity contribution is -0.126. The van der Waals surface area contributed by atoms with Crippen LogP contribution in [0.1, 0.15) is 17.3 Å². The predicted molar refractivity (Wildman–Crippen MR) is 71.4 cm³/mol. The average Bonchev–Trinajstić information content (AvgIpc) is 2.31. The molecule has 1 unspecified atom stereocenters. The Morgan fingerprint density at radius 3 is 2.35 bits per heavy atom. The first-order chi connectivity index (χ1) is 7.99. The molecule has 0 spiro atoms. The van der Waals surface area contributed by atoms with E-state index in [2.05, 4.69) is 37.2 Å². The van der Waals surface area contributed by atoms with Gasteiger partial charge >= 0.3 is 0 Å². The number of hydrogen-bond donors (Lipinski definition) is 1. The molecule has 0 aliphatic heterocycles. The molecule has 92 valence electrons. The summed E-state index contributed by atoms with van der Waals surface area (Å²) in [6.07, 6.45) is 0.122. The molecule has 17 heavy (non-hydrogen) atoms. The lowest BCUT2D eigenvalue weighted by Crippen LogP contribution is -2.33. The van der Waals surface area contributed by atoms with Gasteiger partial charge < -0.3 is 10.1 Å². The third-order valence-electron chi connectivity index (χ3n) is 2.07. The summed E-state index contributed by atoms with van der Waals surface area (Å²) in [5.74, 6) is 0.273. The van der Waals surface area contributed by atoms with Crippen LogP contribution in [-0.2, 0) is 4.79 Å². The number of benzene rings is 1. The maximum Gasteiger partial charge on any atom is 0.260 e. The van der Waals surface area contributed by atoms with Gasteiger partial charge in [-0.05, 0) is 50.9 Å². The molecular formula is C11H11Br2NO3. The summed E-state index contributed by atoms with van der Waals surface area (Å²) >= 11 is 6.59. The van der Waals surface area contributed by atoms with E-state index in [0.29, 0.717) is 20.3 Å². The number of carbonyl (C=O) groups excluding carboxylic acids is 2. The van der Waals surface area contributed by atoms with Crippen molar-refractivity contribution in [1.82, 2.24) is 5.32 Å². The van der Waals surface area contributed by atoms with Crippen molar-refractivity contribution in [3.05, 3.63) is 26.6 Å². The second-order valence-electron chi connectivity index (χ2n) is 3.31.